The number of benzene rings is 1. The summed E-state index contributed by atoms with van der Waals surface area (Å²) in [4.78, 5) is 43.2. The zero-order valence-electron chi connectivity index (χ0n) is 13.7. The van der Waals surface area contributed by atoms with Crippen molar-refractivity contribution in [3.8, 4) is 11.3 Å². The van der Waals surface area contributed by atoms with Gasteiger partial charge in [0.2, 0.25) is 0 Å². The molecule has 0 bridgehead atoms. The molecule has 8 heteroatoms. The van der Waals surface area contributed by atoms with Crippen molar-refractivity contribution in [1.82, 2.24) is 14.5 Å². The van der Waals surface area contributed by atoms with Crippen molar-refractivity contribution in [1.29, 1.82) is 0 Å². The molecule has 1 unspecified atom stereocenters. The van der Waals surface area contributed by atoms with Crippen LogP contribution in [0.5, 0.6) is 0 Å². The van der Waals surface area contributed by atoms with Gasteiger partial charge >= 0.3 is 5.69 Å². The number of amides is 1. The predicted molar refractivity (Wildman–Crippen MR) is 94.0 cm³/mol. The van der Waals surface area contributed by atoms with Crippen molar-refractivity contribution in [2.75, 3.05) is 5.32 Å². The van der Waals surface area contributed by atoms with Crippen LogP contribution in [-0.2, 0) is 7.05 Å². The summed E-state index contributed by atoms with van der Waals surface area (Å²) < 4.78 is 1.07. The van der Waals surface area contributed by atoms with Crippen molar-refractivity contribution < 1.29 is 9.90 Å². The number of aromatic amines is 1. The van der Waals surface area contributed by atoms with Crippen LogP contribution in [0.4, 0.5) is 5.82 Å². The third-order valence-electron chi connectivity index (χ3n) is 4.36. The van der Waals surface area contributed by atoms with E-state index in [-0.39, 0.29) is 22.6 Å². The molecule has 1 aromatic carbocycles. The number of carbonyl (C=O) groups is 1. The topological polar surface area (TPSA) is 117 Å². The number of hydrogen-bond acceptors (Lipinski definition) is 5. The summed E-state index contributed by atoms with van der Waals surface area (Å²) in [6.45, 7) is 0. The van der Waals surface area contributed by atoms with Crippen molar-refractivity contribution in [3.63, 3.8) is 0 Å². The number of aliphatic hydroxyl groups is 1. The van der Waals surface area contributed by atoms with Crippen LogP contribution in [0.1, 0.15) is 27.7 Å². The Labute approximate surface area is 146 Å². The normalized spacial score (nSPS) is 15.6. The van der Waals surface area contributed by atoms with Gasteiger partial charge in [-0.3, -0.25) is 19.1 Å². The Morgan fingerprint density at radius 2 is 1.81 bits per heavy atom. The van der Waals surface area contributed by atoms with Crippen LogP contribution in [-0.4, -0.2) is 25.5 Å². The van der Waals surface area contributed by atoms with Gasteiger partial charge in [-0.2, -0.15) is 0 Å². The number of pyridine rings is 1. The fourth-order valence-corrected chi connectivity index (χ4v) is 3.00. The van der Waals surface area contributed by atoms with E-state index < -0.39 is 23.3 Å². The molecule has 1 atom stereocenters. The standard InChI is InChI=1S/C18H14N4O4/c1-22-15-12(17(25)21-18(22)26)14(23)13-10(16(24)20-15)7-8-11(19-13)9-5-3-2-4-6-9/h2-8,14,23H,1H3,(H,20,24)(H,21,25,26). The number of nitrogens with zero attached hydrogens (tertiary/aromatic N) is 2. The Morgan fingerprint density at radius 1 is 1.08 bits per heavy atom. The van der Waals surface area contributed by atoms with E-state index in [2.05, 4.69) is 15.3 Å². The van der Waals surface area contributed by atoms with Gasteiger partial charge in [0.25, 0.3) is 11.5 Å². The quantitative estimate of drug-likeness (QED) is 0.600. The first kappa shape index (κ1) is 16.0. The molecule has 130 valence electrons. The largest absolute Gasteiger partial charge is 0.382 e. The highest BCUT2D eigenvalue weighted by atomic mass is 16.3. The molecule has 26 heavy (non-hydrogen) atoms. The number of nitrogens with one attached hydrogen (secondary N) is 2. The van der Waals surface area contributed by atoms with Gasteiger partial charge in [0.1, 0.15) is 11.9 Å². The maximum Gasteiger partial charge on any atom is 0.329 e. The minimum atomic E-state index is -1.46. The molecule has 1 amide bonds. The molecular weight excluding hydrogens is 336 g/mol. The molecule has 0 saturated carbocycles. The highest BCUT2D eigenvalue weighted by molar-refractivity contribution is 6.06. The molecule has 0 aliphatic carbocycles. The van der Waals surface area contributed by atoms with E-state index in [1.54, 1.807) is 12.1 Å². The average Bonchev–Trinajstić information content (AvgIpc) is 2.76. The third-order valence-corrected chi connectivity index (χ3v) is 4.36. The molecule has 4 rings (SSSR count). The van der Waals surface area contributed by atoms with Crippen LogP contribution in [0.15, 0.2) is 52.1 Å². The average molecular weight is 350 g/mol. The summed E-state index contributed by atoms with van der Waals surface area (Å²) in [5.41, 5.74) is -0.0210. The van der Waals surface area contributed by atoms with Crippen LogP contribution in [0.2, 0.25) is 0 Å². The third kappa shape index (κ3) is 2.35. The van der Waals surface area contributed by atoms with Gasteiger partial charge < -0.3 is 10.4 Å². The minimum absolute atomic E-state index is 0.0458. The number of fused-ring (bicyclic) bond motifs is 2. The van der Waals surface area contributed by atoms with Crippen molar-refractivity contribution >= 4 is 11.7 Å². The molecule has 3 N–H and O–H groups in total. The molecule has 3 heterocycles. The zero-order chi connectivity index (χ0) is 18.4. The fraction of sp³-hybridized carbons (Fsp3) is 0.111. The number of rotatable bonds is 1. The lowest BCUT2D eigenvalue weighted by molar-refractivity contribution is 0.102. The Bertz CT molecular complexity index is 1150. The van der Waals surface area contributed by atoms with Crippen LogP contribution >= 0.6 is 0 Å². The van der Waals surface area contributed by atoms with Crippen LogP contribution in [0.3, 0.4) is 0 Å². The zero-order valence-corrected chi connectivity index (χ0v) is 13.7. The molecule has 3 aromatic rings. The second-order valence-electron chi connectivity index (χ2n) is 5.93. The van der Waals surface area contributed by atoms with E-state index in [9.17, 15) is 19.5 Å². The highest BCUT2D eigenvalue weighted by Gasteiger charge is 2.32. The van der Waals surface area contributed by atoms with Gasteiger partial charge in [0, 0.05) is 12.6 Å². The summed E-state index contributed by atoms with van der Waals surface area (Å²) in [6, 6.07) is 12.5. The van der Waals surface area contributed by atoms with E-state index in [0.29, 0.717) is 5.69 Å². The van der Waals surface area contributed by atoms with Gasteiger partial charge in [0.05, 0.1) is 22.5 Å². The maximum atomic E-state index is 12.5. The molecule has 1 aliphatic rings. The smallest absolute Gasteiger partial charge is 0.329 e. The number of aromatic nitrogens is 3. The van der Waals surface area contributed by atoms with Gasteiger partial charge in [-0.05, 0) is 12.1 Å². The number of anilines is 1. The molecule has 0 spiro atoms. The molecule has 1 aliphatic heterocycles. The predicted octanol–water partition coefficient (Wildman–Crippen LogP) is 0.783. The van der Waals surface area contributed by atoms with E-state index >= 15 is 0 Å². The summed E-state index contributed by atoms with van der Waals surface area (Å²) in [7, 11) is 1.39. The van der Waals surface area contributed by atoms with E-state index in [1.807, 2.05) is 30.3 Å². The van der Waals surface area contributed by atoms with E-state index in [0.717, 1.165) is 10.1 Å². The van der Waals surface area contributed by atoms with Crippen molar-refractivity contribution in [2.24, 2.45) is 7.05 Å². The van der Waals surface area contributed by atoms with Crippen molar-refractivity contribution in [3.05, 3.63) is 80.1 Å². The molecule has 8 nitrogen and oxygen atoms in total. The Hall–Kier alpha value is -3.52. The first-order valence-electron chi connectivity index (χ1n) is 7.86. The van der Waals surface area contributed by atoms with Crippen LogP contribution in [0.25, 0.3) is 11.3 Å². The van der Waals surface area contributed by atoms with E-state index in [1.165, 1.54) is 7.05 Å². The lowest BCUT2D eigenvalue weighted by Crippen LogP contribution is -2.34. The number of aliphatic hydroxyl groups excluding tert-OH is 1. The summed E-state index contributed by atoms with van der Waals surface area (Å²) in [5, 5.41) is 13.3. The Kier molecular flexibility index (Phi) is 3.55. The summed E-state index contributed by atoms with van der Waals surface area (Å²) in [6.07, 6.45) is -1.46. The Balaban J connectivity index is 1.97. The summed E-state index contributed by atoms with van der Waals surface area (Å²) in [5.74, 6) is -0.596. The molecular formula is C18H14N4O4. The van der Waals surface area contributed by atoms with Gasteiger partial charge in [-0.1, -0.05) is 30.3 Å². The minimum Gasteiger partial charge on any atom is -0.382 e. The molecule has 0 saturated heterocycles. The van der Waals surface area contributed by atoms with Crippen LogP contribution in [0, 0.1) is 0 Å². The molecule has 0 radical (unpaired) electrons. The van der Waals surface area contributed by atoms with Gasteiger partial charge in [-0.25, -0.2) is 9.78 Å². The second-order valence-corrected chi connectivity index (χ2v) is 5.93. The Morgan fingerprint density at radius 3 is 2.54 bits per heavy atom. The summed E-state index contributed by atoms with van der Waals surface area (Å²) >= 11 is 0. The first-order chi connectivity index (χ1) is 12.5. The fourth-order valence-electron chi connectivity index (χ4n) is 3.00. The number of carbonyl (C=O) groups excluding carboxylic acids is 1. The van der Waals surface area contributed by atoms with Gasteiger partial charge in [0.15, 0.2) is 0 Å². The van der Waals surface area contributed by atoms with E-state index in [4.69, 9.17) is 0 Å². The number of hydrogen-bond donors (Lipinski definition) is 3. The van der Waals surface area contributed by atoms with Crippen LogP contribution < -0.4 is 16.6 Å². The number of H-pyrrole nitrogens is 1. The lowest BCUT2D eigenvalue weighted by Gasteiger charge is -2.14. The highest BCUT2D eigenvalue weighted by Crippen LogP contribution is 2.31. The van der Waals surface area contributed by atoms with Crippen molar-refractivity contribution in [2.45, 2.75) is 6.10 Å². The first-order valence-corrected chi connectivity index (χ1v) is 7.86. The van der Waals surface area contributed by atoms with Gasteiger partial charge in [-0.15, -0.1) is 0 Å². The second kappa shape index (κ2) is 5.78. The lowest BCUT2D eigenvalue weighted by atomic mass is 10.0. The maximum absolute atomic E-state index is 12.5. The monoisotopic (exact) mass is 350 g/mol. The molecule has 2 aromatic heterocycles. The SMILES string of the molecule is Cn1c2c(c(=O)[nH]c1=O)C(O)c1nc(-c3ccccc3)ccc1C(=O)N2. The molecule has 0 fully saturated rings.